The molecule has 2 aromatic rings. The third-order valence-corrected chi connectivity index (χ3v) is 3.05. The van der Waals surface area contributed by atoms with Gasteiger partial charge in [0, 0.05) is 24.9 Å². The number of rotatable bonds is 5. The molecule has 0 spiro atoms. The first-order valence-corrected chi connectivity index (χ1v) is 6.13. The summed E-state index contributed by atoms with van der Waals surface area (Å²) in [4.78, 5) is 8.26. The van der Waals surface area contributed by atoms with E-state index in [1.807, 2.05) is 0 Å². The summed E-state index contributed by atoms with van der Waals surface area (Å²) in [5.41, 5.74) is 6.10. The highest BCUT2D eigenvalue weighted by molar-refractivity contribution is 5.09. The summed E-state index contributed by atoms with van der Waals surface area (Å²) in [6.07, 6.45) is 7.64. The van der Waals surface area contributed by atoms with Gasteiger partial charge in [0.2, 0.25) is 0 Å². The summed E-state index contributed by atoms with van der Waals surface area (Å²) in [6.45, 7) is 0. The Morgan fingerprint density at radius 2 is 2.11 bits per heavy atom. The van der Waals surface area contributed by atoms with Crippen molar-refractivity contribution < 1.29 is 0 Å². The molecule has 0 aliphatic heterocycles. The molecule has 0 bridgehead atoms. The SMILES string of the molecule is NC(Cc1nnnn1-c1ncccn1)CC1CC1. The Morgan fingerprint density at radius 3 is 2.83 bits per heavy atom. The fourth-order valence-electron chi connectivity index (χ4n) is 1.99. The second kappa shape index (κ2) is 4.77. The third kappa shape index (κ3) is 2.51. The van der Waals surface area contributed by atoms with Crippen LogP contribution in [0.15, 0.2) is 18.5 Å². The first-order chi connectivity index (χ1) is 8.83. The second-order valence-electron chi connectivity index (χ2n) is 4.70. The van der Waals surface area contributed by atoms with Crippen LogP contribution >= 0.6 is 0 Å². The van der Waals surface area contributed by atoms with Crippen molar-refractivity contribution in [1.29, 1.82) is 0 Å². The lowest BCUT2D eigenvalue weighted by molar-refractivity contribution is 0.545. The molecule has 1 unspecified atom stereocenters. The Bertz CT molecular complexity index is 505. The summed E-state index contributed by atoms with van der Waals surface area (Å²) >= 11 is 0. The number of nitrogens with two attached hydrogens (primary N) is 1. The predicted molar refractivity (Wildman–Crippen MR) is 63.8 cm³/mol. The molecule has 0 radical (unpaired) electrons. The predicted octanol–water partition coefficient (Wildman–Crippen LogP) is 0.122. The highest BCUT2D eigenvalue weighted by Gasteiger charge is 2.25. The molecule has 94 valence electrons. The van der Waals surface area contributed by atoms with Gasteiger partial charge in [-0.25, -0.2) is 9.97 Å². The Hall–Kier alpha value is -1.89. The van der Waals surface area contributed by atoms with Gasteiger partial charge < -0.3 is 5.73 Å². The van der Waals surface area contributed by atoms with Crippen LogP contribution in [0.1, 0.15) is 25.1 Å². The topological polar surface area (TPSA) is 95.4 Å². The molecule has 18 heavy (non-hydrogen) atoms. The smallest absolute Gasteiger partial charge is 0.253 e. The Balaban J connectivity index is 1.74. The van der Waals surface area contributed by atoms with E-state index >= 15 is 0 Å². The molecule has 0 amide bonds. The average molecular weight is 245 g/mol. The zero-order valence-corrected chi connectivity index (χ0v) is 9.98. The van der Waals surface area contributed by atoms with Gasteiger partial charge in [0.1, 0.15) is 0 Å². The average Bonchev–Trinajstić information content (AvgIpc) is 3.07. The van der Waals surface area contributed by atoms with Crippen LogP contribution in [0.4, 0.5) is 0 Å². The van der Waals surface area contributed by atoms with Crippen molar-refractivity contribution in [2.75, 3.05) is 0 Å². The number of tetrazole rings is 1. The Labute approximate surface area is 104 Å². The number of nitrogens with zero attached hydrogens (tertiary/aromatic N) is 6. The molecule has 1 saturated carbocycles. The van der Waals surface area contributed by atoms with Crippen LogP contribution in [0.5, 0.6) is 0 Å². The molecule has 1 fully saturated rings. The zero-order valence-electron chi connectivity index (χ0n) is 9.98. The van der Waals surface area contributed by atoms with Crippen molar-refractivity contribution in [2.45, 2.75) is 31.7 Å². The van der Waals surface area contributed by atoms with Crippen molar-refractivity contribution in [3.05, 3.63) is 24.3 Å². The molecule has 2 aromatic heterocycles. The minimum Gasteiger partial charge on any atom is -0.327 e. The van der Waals surface area contributed by atoms with E-state index < -0.39 is 0 Å². The molecule has 2 heterocycles. The largest absolute Gasteiger partial charge is 0.327 e. The standard InChI is InChI=1S/C11H15N7/c12-9(6-8-2-3-8)7-10-15-16-17-18(10)11-13-4-1-5-14-11/h1,4-5,8-9H,2-3,6-7,12H2. The van der Waals surface area contributed by atoms with Gasteiger partial charge in [-0.2, -0.15) is 4.68 Å². The van der Waals surface area contributed by atoms with Crippen molar-refractivity contribution in [3.63, 3.8) is 0 Å². The molecule has 0 saturated heterocycles. The molecule has 3 rings (SSSR count). The maximum absolute atomic E-state index is 6.10. The van der Waals surface area contributed by atoms with Crippen LogP contribution in [-0.2, 0) is 6.42 Å². The van der Waals surface area contributed by atoms with E-state index in [0.717, 1.165) is 12.3 Å². The zero-order chi connectivity index (χ0) is 12.4. The van der Waals surface area contributed by atoms with Gasteiger partial charge in [0.05, 0.1) is 0 Å². The summed E-state index contributed by atoms with van der Waals surface area (Å²) in [6, 6.07) is 1.86. The molecular weight excluding hydrogens is 230 g/mol. The summed E-state index contributed by atoms with van der Waals surface area (Å²) in [7, 11) is 0. The summed E-state index contributed by atoms with van der Waals surface area (Å²) in [5, 5.41) is 11.6. The maximum Gasteiger partial charge on any atom is 0.253 e. The monoisotopic (exact) mass is 245 g/mol. The fraction of sp³-hybridized carbons (Fsp3) is 0.545. The first kappa shape index (κ1) is 11.2. The van der Waals surface area contributed by atoms with Gasteiger partial charge in [-0.3, -0.25) is 0 Å². The second-order valence-corrected chi connectivity index (χ2v) is 4.70. The van der Waals surface area contributed by atoms with Crippen LogP contribution in [0.2, 0.25) is 0 Å². The quantitative estimate of drug-likeness (QED) is 0.804. The van der Waals surface area contributed by atoms with E-state index in [2.05, 4.69) is 25.5 Å². The van der Waals surface area contributed by atoms with E-state index in [9.17, 15) is 0 Å². The highest BCUT2D eigenvalue weighted by atomic mass is 15.6. The van der Waals surface area contributed by atoms with Gasteiger partial charge in [-0.05, 0) is 28.8 Å². The minimum absolute atomic E-state index is 0.103. The van der Waals surface area contributed by atoms with Crippen LogP contribution < -0.4 is 5.73 Å². The molecule has 7 nitrogen and oxygen atoms in total. The fourth-order valence-corrected chi connectivity index (χ4v) is 1.99. The van der Waals surface area contributed by atoms with Gasteiger partial charge in [-0.1, -0.05) is 12.8 Å². The van der Waals surface area contributed by atoms with E-state index in [-0.39, 0.29) is 6.04 Å². The molecular formula is C11H15N7. The normalized spacial score (nSPS) is 16.7. The van der Waals surface area contributed by atoms with E-state index in [0.29, 0.717) is 18.2 Å². The third-order valence-electron chi connectivity index (χ3n) is 3.05. The molecule has 1 aliphatic rings. The summed E-state index contributed by atoms with van der Waals surface area (Å²) in [5.74, 6) is 2.00. The Kier molecular flexibility index (Phi) is 2.97. The number of hydrogen-bond donors (Lipinski definition) is 1. The van der Waals surface area contributed by atoms with Crippen LogP contribution in [-0.4, -0.2) is 36.2 Å². The maximum atomic E-state index is 6.10. The van der Waals surface area contributed by atoms with Gasteiger partial charge in [-0.15, -0.1) is 5.10 Å². The Morgan fingerprint density at radius 1 is 1.33 bits per heavy atom. The number of aromatic nitrogens is 6. The van der Waals surface area contributed by atoms with Crippen LogP contribution in [0.3, 0.4) is 0 Å². The molecule has 0 aromatic carbocycles. The van der Waals surface area contributed by atoms with E-state index in [4.69, 9.17) is 5.73 Å². The van der Waals surface area contributed by atoms with Gasteiger partial charge >= 0.3 is 0 Å². The molecule has 1 aliphatic carbocycles. The van der Waals surface area contributed by atoms with Crippen LogP contribution in [0, 0.1) is 5.92 Å². The van der Waals surface area contributed by atoms with Crippen molar-refractivity contribution >= 4 is 0 Å². The lowest BCUT2D eigenvalue weighted by Gasteiger charge is -2.09. The molecule has 2 N–H and O–H groups in total. The summed E-state index contributed by atoms with van der Waals surface area (Å²) < 4.78 is 1.55. The lowest BCUT2D eigenvalue weighted by atomic mass is 10.1. The van der Waals surface area contributed by atoms with Crippen molar-refractivity contribution in [3.8, 4) is 5.95 Å². The first-order valence-electron chi connectivity index (χ1n) is 6.13. The van der Waals surface area contributed by atoms with Gasteiger partial charge in [0.25, 0.3) is 5.95 Å². The van der Waals surface area contributed by atoms with Crippen LogP contribution in [0.25, 0.3) is 5.95 Å². The lowest BCUT2D eigenvalue weighted by Crippen LogP contribution is -2.25. The highest BCUT2D eigenvalue weighted by Crippen LogP contribution is 2.33. The van der Waals surface area contributed by atoms with Crippen molar-refractivity contribution in [2.24, 2.45) is 11.7 Å². The molecule has 7 heteroatoms. The number of hydrogen-bond acceptors (Lipinski definition) is 6. The molecule has 1 atom stereocenters. The van der Waals surface area contributed by atoms with E-state index in [1.165, 1.54) is 12.8 Å². The minimum atomic E-state index is 0.103. The van der Waals surface area contributed by atoms with E-state index in [1.54, 1.807) is 23.1 Å². The van der Waals surface area contributed by atoms with Gasteiger partial charge in [0.15, 0.2) is 5.82 Å². The van der Waals surface area contributed by atoms with Crippen molar-refractivity contribution in [1.82, 2.24) is 30.2 Å².